The Balaban J connectivity index is 0.903. The molecule has 0 spiro atoms. The van der Waals surface area contributed by atoms with Gasteiger partial charge in [0.1, 0.15) is 0 Å². The fraction of sp³-hybridized carbons (Fsp3) is 0.0159. The molecule has 0 aliphatic carbocycles. The highest BCUT2D eigenvalue weighted by molar-refractivity contribution is 6.11. The molecule has 0 unspecified atom stereocenters. The van der Waals surface area contributed by atoms with Crippen LogP contribution in [0.2, 0.25) is 0 Å². The fourth-order valence-electron chi connectivity index (χ4n) is 10.3. The van der Waals surface area contributed by atoms with E-state index in [9.17, 15) is 0 Å². The second-order valence-electron chi connectivity index (χ2n) is 17.4. The lowest BCUT2D eigenvalue weighted by Gasteiger charge is -2.34. The standard InChI is InChI=1S/C63H42N2/c1-3-11-42(12-4-1)52-26-33-62-58(40-52)59-41-53(43-13-5-2-6-14-43)27-34-63(59)64(62)56-28-21-46(22-29-56)49-24-31-60-54(36-49)38-55-37-51(50-20-19-44-15-7-9-17-47(44)35-50)25-32-61(55)65(60)57-30-23-45-16-8-10-18-48(45)39-57/h1-37,39-41H,38H2. The Kier molecular flexibility index (Phi) is 8.63. The molecule has 1 aliphatic rings. The van der Waals surface area contributed by atoms with Crippen LogP contribution in [0.1, 0.15) is 11.1 Å². The highest BCUT2D eigenvalue weighted by Crippen LogP contribution is 2.47. The van der Waals surface area contributed by atoms with Crippen LogP contribution < -0.4 is 4.90 Å². The molecule has 0 amide bonds. The van der Waals surface area contributed by atoms with Gasteiger partial charge in [-0.2, -0.15) is 0 Å². The van der Waals surface area contributed by atoms with Gasteiger partial charge in [0.2, 0.25) is 0 Å². The summed E-state index contributed by atoms with van der Waals surface area (Å²) in [5.74, 6) is 0. The lowest BCUT2D eigenvalue weighted by Crippen LogP contribution is -2.18. The van der Waals surface area contributed by atoms with Crippen molar-refractivity contribution in [2.24, 2.45) is 0 Å². The van der Waals surface area contributed by atoms with E-state index in [-0.39, 0.29) is 0 Å². The van der Waals surface area contributed by atoms with Crippen LogP contribution in [0.15, 0.2) is 243 Å². The van der Waals surface area contributed by atoms with Crippen LogP contribution in [-0.2, 0) is 6.42 Å². The smallest absolute Gasteiger partial charge is 0.0541 e. The van der Waals surface area contributed by atoms with Crippen molar-refractivity contribution >= 4 is 60.4 Å². The van der Waals surface area contributed by atoms with E-state index in [4.69, 9.17) is 0 Å². The van der Waals surface area contributed by atoms with Crippen molar-refractivity contribution in [1.82, 2.24) is 4.57 Å². The van der Waals surface area contributed by atoms with Gasteiger partial charge in [-0.3, -0.25) is 0 Å². The predicted octanol–water partition coefficient (Wildman–Crippen LogP) is 17.1. The summed E-state index contributed by atoms with van der Waals surface area (Å²) in [6.07, 6.45) is 0.847. The lowest BCUT2D eigenvalue weighted by atomic mass is 9.89. The number of benzene rings is 11. The second-order valence-corrected chi connectivity index (χ2v) is 17.4. The normalized spacial score (nSPS) is 12.2. The summed E-state index contributed by atoms with van der Waals surface area (Å²) in [5.41, 5.74) is 19.6. The monoisotopic (exact) mass is 826 g/mol. The highest BCUT2D eigenvalue weighted by Gasteiger charge is 2.26. The van der Waals surface area contributed by atoms with E-state index < -0.39 is 0 Å². The minimum absolute atomic E-state index is 0.847. The first kappa shape index (κ1) is 37.1. The Morgan fingerprint density at radius 2 is 0.662 bits per heavy atom. The van der Waals surface area contributed by atoms with Crippen molar-refractivity contribution in [3.05, 3.63) is 254 Å². The molecule has 0 fully saturated rings. The molecule has 65 heavy (non-hydrogen) atoms. The molecular weight excluding hydrogens is 785 g/mol. The quantitative estimate of drug-likeness (QED) is 0.162. The van der Waals surface area contributed by atoms with Crippen LogP contribution in [0.3, 0.4) is 0 Å². The summed E-state index contributed by atoms with van der Waals surface area (Å²) in [4.78, 5) is 2.46. The molecule has 12 aromatic rings. The fourth-order valence-corrected chi connectivity index (χ4v) is 10.3. The van der Waals surface area contributed by atoms with E-state index in [1.165, 1.54) is 116 Å². The van der Waals surface area contributed by atoms with Gasteiger partial charge in [0, 0.05) is 39.9 Å². The van der Waals surface area contributed by atoms with Gasteiger partial charge < -0.3 is 9.47 Å². The van der Waals surface area contributed by atoms with Gasteiger partial charge in [0.15, 0.2) is 0 Å². The maximum atomic E-state index is 2.46. The van der Waals surface area contributed by atoms with Crippen LogP contribution in [-0.4, -0.2) is 4.57 Å². The van der Waals surface area contributed by atoms with Crippen LogP contribution >= 0.6 is 0 Å². The molecule has 0 radical (unpaired) electrons. The molecule has 0 atom stereocenters. The lowest BCUT2D eigenvalue weighted by molar-refractivity contribution is 1.09. The molecule has 304 valence electrons. The summed E-state index contributed by atoms with van der Waals surface area (Å²) in [6, 6.07) is 89.4. The highest BCUT2D eigenvalue weighted by atomic mass is 15.2. The minimum Gasteiger partial charge on any atom is -0.310 e. The van der Waals surface area contributed by atoms with E-state index in [1.54, 1.807) is 0 Å². The first-order valence-electron chi connectivity index (χ1n) is 22.5. The molecule has 1 aliphatic heterocycles. The molecule has 1 aromatic heterocycles. The number of fused-ring (bicyclic) bond motifs is 7. The van der Waals surface area contributed by atoms with Crippen LogP contribution in [0.4, 0.5) is 17.1 Å². The third kappa shape index (κ3) is 6.41. The largest absolute Gasteiger partial charge is 0.310 e. The summed E-state index contributed by atoms with van der Waals surface area (Å²) < 4.78 is 2.43. The van der Waals surface area contributed by atoms with Crippen LogP contribution in [0.5, 0.6) is 0 Å². The van der Waals surface area contributed by atoms with Crippen molar-refractivity contribution in [2.75, 3.05) is 4.90 Å². The molecule has 2 nitrogen and oxygen atoms in total. The van der Waals surface area contributed by atoms with Gasteiger partial charge >= 0.3 is 0 Å². The van der Waals surface area contributed by atoms with Crippen molar-refractivity contribution in [3.63, 3.8) is 0 Å². The number of hydrogen-bond acceptors (Lipinski definition) is 1. The molecule has 0 bridgehead atoms. The maximum absolute atomic E-state index is 2.46. The van der Waals surface area contributed by atoms with Gasteiger partial charge in [-0.05, 0) is 156 Å². The Hall–Kier alpha value is -8.46. The van der Waals surface area contributed by atoms with E-state index in [0.717, 1.165) is 12.1 Å². The van der Waals surface area contributed by atoms with Gasteiger partial charge in [0.05, 0.1) is 11.0 Å². The summed E-state index contributed by atoms with van der Waals surface area (Å²) in [5, 5.41) is 7.50. The molecule has 11 aromatic carbocycles. The zero-order valence-electron chi connectivity index (χ0n) is 35.7. The topological polar surface area (TPSA) is 8.17 Å². The van der Waals surface area contributed by atoms with Crippen molar-refractivity contribution in [1.29, 1.82) is 0 Å². The van der Waals surface area contributed by atoms with Gasteiger partial charge in [-0.15, -0.1) is 0 Å². The Morgan fingerprint density at radius 1 is 0.262 bits per heavy atom. The van der Waals surface area contributed by atoms with E-state index in [2.05, 4.69) is 252 Å². The maximum Gasteiger partial charge on any atom is 0.0541 e. The molecule has 0 N–H and O–H groups in total. The SMILES string of the molecule is c1ccc(-c2ccc3c(c2)c2cc(-c4ccccc4)ccc2n3-c2ccc(-c3ccc4c(c3)Cc3cc(-c5ccc6ccccc6c5)ccc3N4c3ccc4ccccc4c3)cc2)cc1. The van der Waals surface area contributed by atoms with E-state index >= 15 is 0 Å². The molecule has 0 saturated carbocycles. The zero-order valence-corrected chi connectivity index (χ0v) is 35.7. The summed E-state index contributed by atoms with van der Waals surface area (Å²) in [6.45, 7) is 0. The number of nitrogens with zero attached hydrogens (tertiary/aromatic N) is 2. The zero-order chi connectivity index (χ0) is 42.8. The Morgan fingerprint density at radius 3 is 1.25 bits per heavy atom. The molecule has 2 heteroatoms. The van der Waals surface area contributed by atoms with Gasteiger partial charge in [-0.25, -0.2) is 0 Å². The van der Waals surface area contributed by atoms with Gasteiger partial charge in [-0.1, -0.05) is 164 Å². The number of hydrogen-bond donors (Lipinski definition) is 0. The van der Waals surface area contributed by atoms with E-state index in [0.29, 0.717) is 0 Å². The van der Waals surface area contributed by atoms with Crippen molar-refractivity contribution in [3.8, 4) is 50.2 Å². The van der Waals surface area contributed by atoms with Gasteiger partial charge in [0.25, 0.3) is 0 Å². The van der Waals surface area contributed by atoms with Crippen LogP contribution in [0.25, 0.3) is 93.5 Å². The first-order valence-corrected chi connectivity index (χ1v) is 22.5. The van der Waals surface area contributed by atoms with Crippen LogP contribution in [0, 0.1) is 0 Å². The first-order chi connectivity index (χ1) is 32.2. The predicted molar refractivity (Wildman–Crippen MR) is 275 cm³/mol. The summed E-state index contributed by atoms with van der Waals surface area (Å²) in [7, 11) is 0. The molecule has 2 heterocycles. The third-order valence-corrected chi connectivity index (χ3v) is 13.5. The Labute approximate surface area is 378 Å². The average Bonchev–Trinajstić information content (AvgIpc) is 3.71. The minimum atomic E-state index is 0.847. The number of anilines is 3. The van der Waals surface area contributed by atoms with E-state index in [1.807, 2.05) is 0 Å². The Bertz CT molecular complexity index is 3690. The molecule has 0 saturated heterocycles. The average molecular weight is 827 g/mol. The van der Waals surface area contributed by atoms with Crippen molar-refractivity contribution < 1.29 is 0 Å². The third-order valence-electron chi connectivity index (χ3n) is 13.5. The van der Waals surface area contributed by atoms with Crippen molar-refractivity contribution in [2.45, 2.75) is 6.42 Å². The number of rotatable bonds is 6. The molecule has 13 rings (SSSR count). The second kappa shape index (κ2) is 15.1. The number of aromatic nitrogens is 1. The summed E-state index contributed by atoms with van der Waals surface area (Å²) >= 11 is 0. The molecular formula is C63H42N2.